The first-order valence-corrected chi connectivity index (χ1v) is 6.88. The van der Waals surface area contributed by atoms with Crippen molar-refractivity contribution in [2.75, 3.05) is 11.9 Å². The van der Waals surface area contributed by atoms with Crippen molar-refractivity contribution in [2.45, 2.75) is 6.18 Å². The minimum Gasteiger partial charge on any atom is -0.343 e. The van der Waals surface area contributed by atoms with E-state index in [1.807, 2.05) is 0 Å². The van der Waals surface area contributed by atoms with E-state index in [1.165, 1.54) is 24.3 Å². The minimum absolute atomic E-state index is 0.0723. The number of rotatable bonds is 4. The fraction of sp³-hybridized carbons (Fsp3) is 0.125. The maximum atomic E-state index is 13.2. The molecule has 4 nitrogen and oxygen atoms in total. The maximum absolute atomic E-state index is 13.2. The number of amides is 2. The van der Waals surface area contributed by atoms with E-state index in [0.29, 0.717) is 6.07 Å². The van der Waals surface area contributed by atoms with Crippen LogP contribution >= 0.6 is 0 Å². The van der Waals surface area contributed by atoms with Gasteiger partial charge < -0.3 is 10.6 Å². The highest BCUT2D eigenvalue weighted by Gasteiger charge is 2.28. The number of alkyl halides is 3. The molecule has 0 aliphatic carbocycles. The quantitative estimate of drug-likeness (QED) is 0.822. The maximum Gasteiger partial charge on any atom is 0.405 e. The number of halogens is 5. The van der Waals surface area contributed by atoms with E-state index in [4.69, 9.17) is 0 Å². The number of nitrogens with one attached hydrogen (secondary N) is 2. The fourth-order valence-electron chi connectivity index (χ4n) is 1.90. The van der Waals surface area contributed by atoms with E-state index in [2.05, 4.69) is 5.32 Å². The third-order valence-electron chi connectivity index (χ3n) is 3.05. The highest BCUT2D eigenvalue weighted by Crippen LogP contribution is 2.18. The Kier molecular flexibility index (Phi) is 5.35. The van der Waals surface area contributed by atoms with Crippen molar-refractivity contribution >= 4 is 17.5 Å². The Bertz CT molecular complexity index is 805. The number of hydrogen-bond donors (Lipinski definition) is 2. The SMILES string of the molecule is O=C(Nc1ccccc1C(=O)NCC(F)(F)F)c1ccc(F)c(F)c1. The monoisotopic (exact) mass is 358 g/mol. The molecular weight excluding hydrogens is 347 g/mol. The molecule has 0 aromatic heterocycles. The van der Waals surface area contributed by atoms with Crippen LogP contribution in [-0.2, 0) is 0 Å². The molecule has 9 heteroatoms. The lowest BCUT2D eigenvalue weighted by atomic mass is 10.1. The van der Waals surface area contributed by atoms with Gasteiger partial charge in [0, 0.05) is 5.56 Å². The summed E-state index contributed by atoms with van der Waals surface area (Å²) in [5.41, 5.74) is -0.496. The van der Waals surface area contributed by atoms with Crippen LogP contribution in [0.1, 0.15) is 20.7 Å². The summed E-state index contributed by atoms with van der Waals surface area (Å²) in [7, 11) is 0. The molecule has 0 aliphatic heterocycles. The lowest BCUT2D eigenvalue weighted by Crippen LogP contribution is -2.34. The normalized spacial score (nSPS) is 11.1. The Morgan fingerprint density at radius 1 is 0.920 bits per heavy atom. The van der Waals surface area contributed by atoms with Crippen molar-refractivity contribution in [3.05, 3.63) is 65.2 Å². The van der Waals surface area contributed by atoms with E-state index < -0.39 is 36.2 Å². The van der Waals surface area contributed by atoms with Gasteiger partial charge >= 0.3 is 6.18 Å². The molecule has 2 aromatic carbocycles. The number of para-hydroxylation sites is 1. The zero-order valence-electron chi connectivity index (χ0n) is 12.5. The van der Waals surface area contributed by atoms with Gasteiger partial charge in [-0.05, 0) is 30.3 Å². The Labute approximate surface area is 138 Å². The summed E-state index contributed by atoms with van der Waals surface area (Å²) < 4.78 is 62.6. The van der Waals surface area contributed by atoms with Crippen LogP contribution in [0.15, 0.2) is 42.5 Å². The second-order valence-electron chi connectivity index (χ2n) is 4.93. The number of anilines is 1. The van der Waals surface area contributed by atoms with Gasteiger partial charge in [0.1, 0.15) is 6.54 Å². The molecule has 25 heavy (non-hydrogen) atoms. The van der Waals surface area contributed by atoms with Crippen molar-refractivity contribution in [1.82, 2.24) is 5.32 Å². The van der Waals surface area contributed by atoms with Crippen molar-refractivity contribution in [1.29, 1.82) is 0 Å². The third-order valence-corrected chi connectivity index (χ3v) is 3.05. The predicted molar refractivity (Wildman–Crippen MR) is 79.1 cm³/mol. The first kappa shape index (κ1) is 18.4. The third kappa shape index (κ3) is 5.00. The molecule has 0 saturated carbocycles. The number of carbonyl (C=O) groups is 2. The van der Waals surface area contributed by atoms with Gasteiger partial charge in [-0.2, -0.15) is 13.2 Å². The van der Waals surface area contributed by atoms with E-state index in [1.54, 1.807) is 5.32 Å². The summed E-state index contributed by atoms with van der Waals surface area (Å²) in [6.45, 7) is -1.53. The van der Waals surface area contributed by atoms with Gasteiger partial charge in [-0.3, -0.25) is 9.59 Å². The van der Waals surface area contributed by atoms with Crippen LogP contribution in [-0.4, -0.2) is 24.5 Å². The fourth-order valence-corrected chi connectivity index (χ4v) is 1.90. The van der Waals surface area contributed by atoms with Gasteiger partial charge in [-0.15, -0.1) is 0 Å². The average Bonchev–Trinajstić information content (AvgIpc) is 2.55. The van der Waals surface area contributed by atoms with Gasteiger partial charge in [0.25, 0.3) is 11.8 Å². The number of benzene rings is 2. The summed E-state index contributed by atoms with van der Waals surface area (Å²) in [6.07, 6.45) is -4.58. The van der Waals surface area contributed by atoms with Crippen LogP contribution in [0.2, 0.25) is 0 Å². The van der Waals surface area contributed by atoms with Crippen molar-refractivity contribution in [3.8, 4) is 0 Å². The van der Waals surface area contributed by atoms with Crippen LogP contribution < -0.4 is 10.6 Å². The summed E-state index contributed by atoms with van der Waals surface area (Å²) in [5, 5.41) is 3.97. The zero-order valence-corrected chi connectivity index (χ0v) is 12.5. The van der Waals surface area contributed by atoms with Crippen LogP contribution in [0, 0.1) is 11.6 Å². The zero-order chi connectivity index (χ0) is 18.6. The molecule has 2 N–H and O–H groups in total. The molecule has 0 spiro atoms. The smallest absolute Gasteiger partial charge is 0.343 e. The van der Waals surface area contributed by atoms with Crippen molar-refractivity contribution < 1.29 is 31.5 Å². The summed E-state index contributed by atoms with van der Waals surface area (Å²) >= 11 is 0. The Hall–Kier alpha value is -2.97. The van der Waals surface area contributed by atoms with E-state index in [0.717, 1.165) is 12.1 Å². The van der Waals surface area contributed by atoms with Crippen LogP contribution in [0.25, 0.3) is 0 Å². The van der Waals surface area contributed by atoms with Gasteiger partial charge in [-0.1, -0.05) is 12.1 Å². The Morgan fingerprint density at radius 2 is 1.60 bits per heavy atom. The molecule has 0 fully saturated rings. The van der Waals surface area contributed by atoms with Crippen LogP contribution in [0.5, 0.6) is 0 Å². The highest BCUT2D eigenvalue weighted by atomic mass is 19.4. The van der Waals surface area contributed by atoms with E-state index in [9.17, 15) is 31.5 Å². The van der Waals surface area contributed by atoms with Crippen LogP contribution in [0.4, 0.5) is 27.6 Å². The van der Waals surface area contributed by atoms with Crippen molar-refractivity contribution in [2.24, 2.45) is 0 Å². The van der Waals surface area contributed by atoms with Crippen LogP contribution in [0.3, 0.4) is 0 Å². The van der Waals surface area contributed by atoms with E-state index >= 15 is 0 Å². The standard InChI is InChI=1S/C16H11F5N2O2/c17-11-6-5-9(7-12(11)18)14(24)23-13-4-2-1-3-10(13)15(25)22-8-16(19,20)21/h1-7H,8H2,(H,22,25)(H,23,24). The minimum atomic E-state index is -4.58. The molecule has 0 bridgehead atoms. The van der Waals surface area contributed by atoms with Gasteiger partial charge in [0.2, 0.25) is 0 Å². The molecular formula is C16H11F5N2O2. The lowest BCUT2D eigenvalue weighted by Gasteiger charge is -2.12. The highest BCUT2D eigenvalue weighted by molar-refractivity contribution is 6.09. The van der Waals surface area contributed by atoms with Gasteiger partial charge in [0.05, 0.1) is 11.3 Å². The average molecular weight is 358 g/mol. The lowest BCUT2D eigenvalue weighted by molar-refractivity contribution is -0.123. The summed E-state index contributed by atoms with van der Waals surface area (Å²) in [6, 6.07) is 7.80. The van der Waals surface area contributed by atoms with Crippen molar-refractivity contribution in [3.63, 3.8) is 0 Å². The number of carbonyl (C=O) groups excluding carboxylic acids is 2. The summed E-state index contributed by atoms with van der Waals surface area (Å²) in [4.78, 5) is 23.9. The molecule has 2 aromatic rings. The molecule has 132 valence electrons. The second-order valence-corrected chi connectivity index (χ2v) is 4.93. The molecule has 0 radical (unpaired) electrons. The molecule has 0 atom stereocenters. The molecule has 2 amide bonds. The molecule has 0 aliphatic rings. The van der Waals surface area contributed by atoms with E-state index in [-0.39, 0.29) is 16.8 Å². The molecule has 0 unspecified atom stereocenters. The second kappa shape index (κ2) is 7.29. The first-order chi connectivity index (χ1) is 11.7. The van der Waals surface area contributed by atoms with Gasteiger partial charge in [-0.25, -0.2) is 8.78 Å². The summed E-state index contributed by atoms with van der Waals surface area (Å²) in [5.74, 6) is -4.26. The number of hydrogen-bond acceptors (Lipinski definition) is 2. The Morgan fingerprint density at radius 3 is 2.24 bits per heavy atom. The largest absolute Gasteiger partial charge is 0.405 e. The topological polar surface area (TPSA) is 58.2 Å². The molecule has 2 rings (SSSR count). The molecule has 0 saturated heterocycles. The predicted octanol–water partition coefficient (Wildman–Crippen LogP) is 3.51. The molecule has 0 heterocycles. The Balaban J connectivity index is 2.18. The first-order valence-electron chi connectivity index (χ1n) is 6.88. The van der Waals surface area contributed by atoms with Gasteiger partial charge in [0.15, 0.2) is 11.6 Å².